The molecule has 3 rings (SSSR count). The van der Waals surface area contributed by atoms with Gasteiger partial charge in [-0.1, -0.05) is 36.0 Å². The van der Waals surface area contributed by atoms with E-state index < -0.39 is 0 Å². The number of nitrogens with zero attached hydrogens (tertiary/aromatic N) is 2. The van der Waals surface area contributed by atoms with Crippen molar-refractivity contribution in [2.45, 2.75) is 10.9 Å². The zero-order chi connectivity index (χ0) is 15.4. The molecule has 22 heavy (non-hydrogen) atoms. The predicted octanol–water partition coefficient (Wildman–Crippen LogP) is 3.91. The molecule has 1 N–H and O–H groups in total. The molecule has 0 amide bonds. The molecule has 0 spiro atoms. The number of thioether (sulfide) groups is 1. The van der Waals surface area contributed by atoms with Crippen LogP contribution in [-0.4, -0.2) is 22.3 Å². The molecule has 0 aliphatic rings. The topological polar surface area (TPSA) is 50.8 Å². The number of ether oxygens (including phenoxy) is 1. The van der Waals surface area contributed by atoms with Gasteiger partial charge >= 0.3 is 0 Å². The number of hydrogen-bond donors (Lipinski definition) is 1. The van der Waals surface area contributed by atoms with Crippen LogP contribution in [0.5, 0.6) is 5.75 Å². The van der Waals surface area contributed by atoms with Crippen molar-refractivity contribution < 1.29 is 9.13 Å². The first kappa shape index (κ1) is 14.6. The van der Waals surface area contributed by atoms with Gasteiger partial charge in [-0.15, -0.1) is 5.10 Å². The molecule has 0 atom stereocenters. The maximum absolute atomic E-state index is 12.9. The van der Waals surface area contributed by atoms with E-state index in [-0.39, 0.29) is 5.82 Å². The molecule has 1 heterocycles. The highest BCUT2D eigenvalue weighted by atomic mass is 32.2. The molecule has 0 saturated carbocycles. The fraction of sp³-hybridized carbons (Fsp3) is 0.125. The number of hydrogen-bond acceptors (Lipinski definition) is 4. The number of H-pyrrole nitrogens is 1. The summed E-state index contributed by atoms with van der Waals surface area (Å²) in [5.74, 6) is 1.86. The third-order valence-corrected chi connectivity index (χ3v) is 4.03. The SMILES string of the molecule is COc1ccccc1-c1nc(SCc2ccc(F)cc2)n[nH]1. The molecule has 6 heteroatoms. The highest BCUT2D eigenvalue weighted by Gasteiger charge is 2.10. The van der Waals surface area contributed by atoms with E-state index in [0.717, 1.165) is 16.9 Å². The summed E-state index contributed by atoms with van der Waals surface area (Å²) < 4.78 is 18.2. The van der Waals surface area contributed by atoms with E-state index in [1.54, 1.807) is 19.2 Å². The second-order valence-electron chi connectivity index (χ2n) is 4.58. The average Bonchev–Trinajstić information content (AvgIpc) is 3.03. The minimum absolute atomic E-state index is 0.231. The summed E-state index contributed by atoms with van der Waals surface area (Å²) in [5.41, 5.74) is 1.89. The summed E-state index contributed by atoms with van der Waals surface area (Å²) in [6.07, 6.45) is 0. The normalized spacial score (nSPS) is 10.6. The summed E-state index contributed by atoms with van der Waals surface area (Å²) in [4.78, 5) is 4.46. The summed E-state index contributed by atoms with van der Waals surface area (Å²) in [5, 5.41) is 7.76. The molecule has 0 unspecified atom stereocenters. The van der Waals surface area contributed by atoms with Crippen LogP contribution >= 0.6 is 11.8 Å². The van der Waals surface area contributed by atoms with E-state index >= 15 is 0 Å². The van der Waals surface area contributed by atoms with Gasteiger partial charge < -0.3 is 4.74 Å². The molecule has 0 aliphatic carbocycles. The van der Waals surface area contributed by atoms with Crippen LogP contribution in [-0.2, 0) is 5.75 Å². The lowest BCUT2D eigenvalue weighted by molar-refractivity contribution is 0.416. The number of methoxy groups -OCH3 is 1. The van der Waals surface area contributed by atoms with Gasteiger partial charge in [-0.25, -0.2) is 9.37 Å². The molecule has 112 valence electrons. The lowest BCUT2D eigenvalue weighted by atomic mass is 10.2. The van der Waals surface area contributed by atoms with Crippen LogP contribution in [0.2, 0.25) is 0 Å². The molecule has 0 aliphatic heterocycles. The van der Waals surface area contributed by atoms with E-state index in [9.17, 15) is 4.39 Å². The van der Waals surface area contributed by atoms with Gasteiger partial charge in [0.25, 0.3) is 0 Å². The van der Waals surface area contributed by atoms with Crippen LogP contribution in [0.15, 0.2) is 53.7 Å². The highest BCUT2D eigenvalue weighted by Crippen LogP contribution is 2.28. The minimum Gasteiger partial charge on any atom is -0.496 e. The Hall–Kier alpha value is -2.34. The van der Waals surface area contributed by atoms with E-state index in [4.69, 9.17) is 4.74 Å². The Labute approximate surface area is 131 Å². The Bertz CT molecular complexity index is 758. The molecule has 0 radical (unpaired) electrons. The smallest absolute Gasteiger partial charge is 0.209 e. The third kappa shape index (κ3) is 3.28. The molecule has 3 aromatic rings. The molecule has 0 bridgehead atoms. The summed E-state index contributed by atoms with van der Waals surface area (Å²) in [7, 11) is 1.62. The van der Waals surface area contributed by atoms with E-state index in [0.29, 0.717) is 16.7 Å². The van der Waals surface area contributed by atoms with Crippen molar-refractivity contribution in [3.63, 3.8) is 0 Å². The zero-order valence-electron chi connectivity index (χ0n) is 11.9. The van der Waals surface area contributed by atoms with Crippen LogP contribution in [0, 0.1) is 5.82 Å². The largest absolute Gasteiger partial charge is 0.496 e. The summed E-state index contributed by atoms with van der Waals surface area (Å²) in [6.45, 7) is 0. The molecule has 0 fully saturated rings. The lowest BCUT2D eigenvalue weighted by Gasteiger charge is -2.04. The Morgan fingerprint density at radius 2 is 1.91 bits per heavy atom. The number of nitrogens with one attached hydrogen (secondary N) is 1. The lowest BCUT2D eigenvalue weighted by Crippen LogP contribution is -1.88. The van der Waals surface area contributed by atoms with Crippen molar-refractivity contribution in [3.8, 4) is 17.1 Å². The Morgan fingerprint density at radius 1 is 1.14 bits per heavy atom. The Kier molecular flexibility index (Phi) is 4.39. The van der Waals surface area contributed by atoms with Crippen LogP contribution in [0.25, 0.3) is 11.4 Å². The van der Waals surface area contributed by atoms with Gasteiger partial charge in [0.1, 0.15) is 11.6 Å². The van der Waals surface area contributed by atoms with Crippen LogP contribution < -0.4 is 4.74 Å². The van der Waals surface area contributed by atoms with Crippen molar-refractivity contribution in [1.29, 1.82) is 0 Å². The summed E-state index contributed by atoms with van der Waals surface area (Å²) in [6, 6.07) is 14.1. The van der Waals surface area contributed by atoms with Crippen LogP contribution in [0.4, 0.5) is 4.39 Å². The van der Waals surface area contributed by atoms with Crippen molar-refractivity contribution in [1.82, 2.24) is 15.2 Å². The maximum Gasteiger partial charge on any atom is 0.209 e. The first-order valence-electron chi connectivity index (χ1n) is 6.69. The quantitative estimate of drug-likeness (QED) is 0.725. The molecule has 1 aromatic heterocycles. The van der Waals surface area contributed by atoms with Crippen molar-refractivity contribution >= 4 is 11.8 Å². The Morgan fingerprint density at radius 3 is 2.68 bits per heavy atom. The van der Waals surface area contributed by atoms with E-state index in [1.165, 1.54) is 23.9 Å². The summed E-state index contributed by atoms with van der Waals surface area (Å²) >= 11 is 1.49. The first-order chi connectivity index (χ1) is 10.8. The van der Waals surface area contributed by atoms with E-state index in [2.05, 4.69) is 15.2 Å². The number of para-hydroxylation sites is 1. The van der Waals surface area contributed by atoms with Gasteiger partial charge in [-0.3, -0.25) is 5.10 Å². The van der Waals surface area contributed by atoms with Crippen LogP contribution in [0.1, 0.15) is 5.56 Å². The molecule has 0 saturated heterocycles. The zero-order valence-corrected chi connectivity index (χ0v) is 12.7. The maximum atomic E-state index is 12.9. The third-order valence-electron chi connectivity index (χ3n) is 3.11. The number of aromatic nitrogens is 3. The number of halogens is 1. The van der Waals surface area contributed by atoms with Crippen molar-refractivity contribution in [2.75, 3.05) is 7.11 Å². The predicted molar refractivity (Wildman–Crippen MR) is 84.3 cm³/mol. The van der Waals surface area contributed by atoms with Gasteiger partial charge in [-0.05, 0) is 29.8 Å². The van der Waals surface area contributed by atoms with Gasteiger partial charge in [-0.2, -0.15) is 0 Å². The van der Waals surface area contributed by atoms with Gasteiger partial charge in [0.05, 0.1) is 12.7 Å². The highest BCUT2D eigenvalue weighted by molar-refractivity contribution is 7.98. The standard InChI is InChI=1S/C16H14FN3OS/c1-21-14-5-3-2-4-13(14)15-18-16(20-19-15)22-10-11-6-8-12(17)9-7-11/h2-9H,10H2,1H3,(H,18,19,20). The van der Waals surface area contributed by atoms with E-state index in [1.807, 2.05) is 24.3 Å². The molecular weight excluding hydrogens is 301 g/mol. The molecular formula is C16H14FN3OS. The number of rotatable bonds is 5. The number of aromatic amines is 1. The fourth-order valence-electron chi connectivity index (χ4n) is 2.00. The van der Waals surface area contributed by atoms with Crippen LogP contribution in [0.3, 0.4) is 0 Å². The van der Waals surface area contributed by atoms with Gasteiger partial charge in [0, 0.05) is 5.75 Å². The van der Waals surface area contributed by atoms with Crippen molar-refractivity contribution in [2.24, 2.45) is 0 Å². The van der Waals surface area contributed by atoms with Gasteiger partial charge in [0.2, 0.25) is 5.16 Å². The molecule has 2 aromatic carbocycles. The van der Waals surface area contributed by atoms with Crippen molar-refractivity contribution in [3.05, 3.63) is 59.9 Å². The molecule has 4 nitrogen and oxygen atoms in total. The second kappa shape index (κ2) is 6.62. The monoisotopic (exact) mass is 315 g/mol. The number of benzene rings is 2. The average molecular weight is 315 g/mol. The second-order valence-corrected chi connectivity index (χ2v) is 5.52. The fourth-order valence-corrected chi connectivity index (χ4v) is 2.75. The van der Waals surface area contributed by atoms with Gasteiger partial charge in [0.15, 0.2) is 5.82 Å². The minimum atomic E-state index is -0.231. The Balaban J connectivity index is 1.72. The first-order valence-corrected chi connectivity index (χ1v) is 7.68.